The van der Waals surface area contributed by atoms with Crippen molar-refractivity contribution >= 4 is 11.8 Å². The molecule has 1 saturated heterocycles. The zero-order valence-electron chi connectivity index (χ0n) is 14.7. The van der Waals surface area contributed by atoms with E-state index in [4.69, 9.17) is 4.74 Å². The van der Waals surface area contributed by atoms with E-state index in [1.165, 1.54) is 0 Å². The molecule has 0 spiro atoms. The molecular weight excluding hydrogens is 306 g/mol. The summed E-state index contributed by atoms with van der Waals surface area (Å²) in [6.07, 6.45) is 0.174. The number of carbonyl (C=O) groups excluding carboxylic acids is 2. The van der Waals surface area contributed by atoms with Crippen LogP contribution < -0.4 is 15.4 Å². The van der Waals surface area contributed by atoms with E-state index in [1.807, 2.05) is 43.0 Å². The molecule has 1 unspecified atom stereocenters. The van der Waals surface area contributed by atoms with Crippen LogP contribution in [0.2, 0.25) is 0 Å². The summed E-state index contributed by atoms with van der Waals surface area (Å²) in [7, 11) is 1.64. The molecule has 1 aromatic carbocycles. The molecule has 0 aromatic heterocycles. The highest BCUT2D eigenvalue weighted by Gasteiger charge is 2.31. The van der Waals surface area contributed by atoms with Crippen molar-refractivity contribution in [2.45, 2.75) is 32.9 Å². The average molecular weight is 333 g/mol. The summed E-state index contributed by atoms with van der Waals surface area (Å²) < 4.78 is 5.39. The van der Waals surface area contributed by atoms with Crippen LogP contribution in [0.4, 0.5) is 0 Å². The van der Waals surface area contributed by atoms with Crippen LogP contribution >= 0.6 is 0 Å². The largest absolute Gasteiger partial charge is 0.496 e. The van der Waals surface area contributed by atoms with E-state index in [9.17, 15) is 9.59 Å². The van der Waals surface area contributed by atoms with Crippen LogP contribution in [0.5, 0.6) is 5.75 Å². The van der Waals surface area contributed by atoms with Crippen molar-refractivity contribution in [3.05, 3.63) is 29.8 Å². The molecule has 0 radical (unpaired) electrons. The molecule has 1 aliphatic rings. The summed E-state index contributed by atoms with van der Waals surface area (Å²) in [6, 6.07) is 7.31. The lowest BCUT2D eigenvalue weighted by atomic mass is 10.1. The zero-order chi connectivity index (χ0) is 17.5. The fourth-order valence-corrected chi connectivity index (χ4v) is 2.79. The topological polar surface area (TPSA) is 70.7 Å². The quantitative estimate of drug-likeness (QED) is 0.785. The van der Waals surface area contributed by atoms with Crippen LogP contribution in [0.3, 0.4) is 0 Å². The molecule has 1 atom stereocenters. The average Bonchev–Trinajstić information content (AvgIpc) is 2.56. The van der Waals surface area contributed by atoms with Gasteiger partial charge in [0.15, 0.2) is 0 Å². The maximum atomic E-state index is 12.3. The van der Waals surface area contributed by atoms with Crippen molar-refractivity contribution in [3.8, 4) is 5.75 Å². The first-order valence-corrected chi connectivity index (χ1v) is 8.41. The fourth-order valence-electron chi connectivity index (χ4n) is 2.79. The van der Waals surface area contributed by atoms with E-state index in [-0.39, 0.29) is 18.2 Å². The first kappa shape index (κ1) is 18.3. The van der Waals surface area contributed by atoms with Gasteiger partial charge in [-0.1, -0.05) is 32.0 Å². The highest BCUT2D eigenvalue weighted by molar-refractivity contribution is 5.88. The minimum atomic E-state index is -0.448. The number of hydrogen-bond acceptors (Lipinski definition) is 4. The van der Waals surface area contributed by atoms with E-state index in [2.05, 4.69) is 10.6 Å². The lowest BCUT2D eigenvalue weighted by Gasteiger charge is -2.35. The molecular formula is C18H27N3O3. The van der Waals surface area contributed by atoms with Crippen molar-refractivity contribution < 1.29 is 14.3 Å². The maximum Gasteiger partial charge on any atom is 0.237 e. The van der Waals surface area contributed by atoms with Gasteiger partial charge < -0.3 is 15.4 Å². The third kappa shape index (κ3) is 4.96. The number of nitrogens with zero attached hydrogens (tertiary/aromatic N) is 1. The minimum Gasteiger partial charge on any atom is -0.496 e. The van der Waals surface area contributed by atoms with Crippen molar-refractivity contribution in [2.24, 2.45) is 5.92 Å². The van der Waals surface area contributed by atoms with Crippen LogP contribution in [-0.2, 0) is 16.1 Å². The monoisotopic (exact) mass is 333 g/mol. The molecule has 1 heterocycles. The standard InChI is InChI=1S/C18H27N3O3/c1-13(2)11-20-17(22)10-15-18(23)19-8-9-21(15)12-14-6-4-5-7-16(14)24-3/h4-7,13,15H,8-12H2,1-3H3,(H,19,23)(H,20,22). The Labute approximate surface area is 143 Å². The highest BCUT2D eigenvalue weighted by Crippen LogP contribution is 2.21. The Morgan fingerprint density at radius 1 is 1.42 bits per heavy atom. The van der Waals surface area contributed by atoms with E-state index in [1.54, 1.807) is 7.11 Å². The molecule has 0 saturated carbocycles. The number of methoxy groups -OCH3 is 1. The van der Waals surface area contributed by atoms with Crippen molar-refractivity contribution in [1.29, 1.82) is 0 Å². The van der Waals surface area contributed by atoms with Crippen molar-refractivity contribution in [2.75, 3.05) is 26.7 Å². The zero-order valence-corrected chi connectivity index (χ0v) is 14.7. The number of nitrogens with one attached hydrogen (secondary N) is 2. The van der Waals surface area contributed by atoms with Crippen LogP contribution in [0.25, 0.3) is 0 Å². The molecule has 0 bridgehead atoms. The Morgan fingerprint density at radius 2 is 2.17 bits per heavy atom. The van der Waals surface area contributed by atoms with Gasteiger partial charge in [-0.15, -0.1) is 0 Å². The van der Waals surface area contributed by atoms with Gasteiger partial charge in [0.2, 0.25) is 11.8 Å². The van der Waals surface area contributed by atoms with Gasteiger partial charge in [-0.25, -0.2) is 0 Å². The van der Waals surface area contributed by atoms with Gasteiger partial charge in [-0.2, -0.15) is 0 Å². The van der Waals surface area contributed by atoms with Gasteiger partial charge in [0.05, 0.1) is 19.6 Å². The first-order chi connectivity index (χ1) is 11.5. The van der Waals surface area contributed by atoms with Crippen molar-refractivity contribution in [1.82, 2.24) is 15.5 Å². The summed E-state index contributed by atoms with van der Waals surface area (Å²) in [4.78, 5) is 26.4. The minimum absolute atomic E-state index is 0.0872. The summed E-state index contributed by atoms with van der Waals surface area (Å²) in [6.45, 7) is 6.60. The summed E-state index contributed by atoms with van der Waals surface area (Å²) >= 11 is 0. The Kier molecular flexibility index (Phi) is 6.61. The second-order valence-corrected chi connectivity index (χ2v) is 6.49. The van der Waals surface area contributed by atoms with Crippen LogP contribution in [0, 0.1) is 5.92 Å². The van der Waals surface area contributed by atoms with Gasteiger partial charge in [-0.05, 0) is 12.0 Å². The first-order valence-electron chi connectivity index (χ1n) is 8.41. The predicted molar refractivity (Wildman–Crippen MR) is 92.7 cm³/mol. The van der Waals surface area contributed by atoms with Gasteiger partial charge in [-0.3, -0.25) is 14.5 Å². The molecule has 2 rings (SSSR count). The molecule has 2 amide bonds. The van der Waals surface area contributed by atoms with E-state index >= 15 is 0 Å². The molecule has 24 heavy (non-hydrogen) atoms. The predicted octanol–water partition coefficient (Wildman–Crippen LogP) is 1.16. The Bertz CT molecular complexity index is 574. The van der Waals surface area contributed by atoms with Crippen molar-refractivity contribution in [3.63, 3.8) is 0 Å². The molecule has 6 nitrogen and oxygen atoms in total. The molecule has 1 fully saturated rings. The number of benzene rings is 1. The molecule has 132 valence electrons. The molecule has 2 N–H and O–H groups in total. The molecule has 6 heteroatoms. The number of para-hydroxylation sites is 1. The van der Waals surface area contributed by atoms with Crippen LogP contribution in [0.15, 0.2) is 24.3 Å². The SMILES string of the molecule is COc1ccccc1CN1CCNC(=O)C1CC(=O)NCC(C)C. The lowest BCUT2D eigenvalue weighted by molar-refractivity contribution is -0.134. The van der Waals surface area contributed by atoms with Gasteiger partial charge in [0, 0.05) is 31.7 Å². The number of ether oxygens (including phenoxy) is 1. The second-order valence-electron chi connectivity index (χ2n) is 6.49. The lowest BCUT2D eigenvalue weighted by Crippen LogP contribution is -2.56. The third-order valence-electron chi connectivity index (χ3n) is 4.09. The van der Waals surface area contributed by atoms with Crippen LogP contribution in [0.1, 0.15) is 25.8 Å². The number of rotatable bonds is 7. The summed E-state index contributed by atoms with van der Waals surface area (Å²) in [5.41, 5.74) is 1.02. The Hall–Kier alpha value is -2.08. The Morgan fingerprint density at radius 3 is 2.88 bits per heavy atom. The Balaban J connectivity index is 2.05. The molecule has 0 aliphatic carbocycles. The van der Waals surface area contributed by atoms with Gasteiger partial charge in [0.25, 0.3) is 0 Å². The highest BCUT2D eigenvalue weighted by atomic mass is 16.5. The van der Waals surface area contributed by atoms with Gasteiger partial charge >= 0.3 is 0 Å². The third-order valence-corrected chi connectivity index (χ3v) is 4.09. The summed E-state index contributed by atoms with van der Waals surface area (Å²) in [5.74, 6) is 1.01. The van der Waals surface area contributed by atoms with Crippen LogP contribution in [-0.4, -0.2) is 49.5 Å². The normalized spacial score (nSPS) is 18.3. The number of hydrogen-bond donors (Lipinski definition) is 2. The molecule has 1 aliphatic heterocycles. The smallest absolute Gasteiger partial charge is 0.237 e. The van der Waals surface area contributed by atoms with Gasteiger partial charge in [0.1, 0.15) is 5.75 Å². The number of amides is 2. The maximum absolute atomic E-state index is 12.3. The van der Waals surface area contributed by atoms with E-state index in [0.29, 0.717) is 32.1 Å². The van der Waals surface area contributed by atoms with E-state index < -0.39 is 6.04 Å². The molecule has 1 aromatic rings. The second kappa shape index (κ2) is 8.68. The summed E-state index contributed by atoms with van der Waals surface area (Å²) in [5, 5.41) is 5.74. The fraction of sp³-hybridized carbons (Fsp3) is 0.556. The van der Waals surface area contributed by atoms with E-state index in [0.717, 1.165) is 11.3 Å². The number of piperazine rings is 1. The number of carbonyl (C=O) groups is 2.